The van der Waals surface area contributed by atoms with Gasteiger partial charge in [0.15, 0.2) is 0 Å². The summed E-state index contributed by atoms with van der Waals surface area (Å²) in [6.07, 6.45) is 5.61. The van der Waals surface area contributed by atoms with E-state index in [4.69, 9.17) is 0 Å². The maximum atomic E-state index is 9.41. The van der Waals surface area contributed by atoms with E-state index in [1.807, 2.05) is 48.3 Å². The monoisotopic (exact) mass is 322 g/mol. The third-order valence-corrected chi connectivity index (χ3v) is 3.92. The van der Waals surface area contributed by atoms with Gasteiger partial charge in [-0.1, -0.05) is 30.3 Å². The number of rotatable bonds is 7. The van der Waals surface area contributed by atoms with Crippen molar-refractivity contribution in [3.8, 4) is 11.3 Å². The van der Waals surface area contributed by atoms with Gasteiger partial charge >= 0.3 is 0 Å². The summed E-state index contributed by atoms with van der Waals surface area (Å²) in [6.45, 7) is 2.30. The molecule has 0 aliphatic carbocycles. The summed E-state index contributed by atoms with van der Waals surface area (Å²) in [5, 5.41) is 14.0. The maximum Gasteiger partial charge on any atom is 0.0969 e. The van der Waals surface area contributed by atoms with E-state index in [1.165, 1.54) is 5.56 Å². The second kappa shape index (κ2) is 7.86. The highest BCUT2D eigenvalue weighted by molar-refractivity contribution is 5.61. The SMILES string of the molecule is Cn1cc(CN(CCO)Cc2ccccc2)c(-c2ccncc2)n1. The maximum absolute atomic E-state index is 9.41. The zero-order valence-corrected chi connectivity index (χ0v) is 13.8. The van der Waals surface area contributed by atoms with Gasteiger partial charge in [0.25, 0.3) is 0 Å². The molecule has 0 unspecified atom stereocenters. The lowest BCUT2D eigenvalue weighted by molar-refractivity contribution is 0.184. The van der Waals surface area contributed by atoms with Crippen LogP contribution in [0.4, 0.5) is 0 Å². The summed E-state index contributed by atoms with van der Waals surface area (Å²) in [5.74, 6) is 0. The molecule has 5 nitrogen and oxygen atoms in total. The van der Waals surface area contributed by atoms with Gasteiger partial charge in [0, 0.05) is 56.4 Å². The number of aliphatic hydroxyl groups is 1. The molecule has 0 atom stereocenters. The van der Waals surface area contributed by atoms with Crippen molar-refractivity contribution >= 4 is 0 Å². The Hall–Kier alpha value is -2.50. The van der Waals surface area contributed by atoms with Gasteiger partial charge in [-0.2, -0.15) is 5.10 Å². The van der Waals surface area contributed by atoms with Crippen LogP contribution in [0.1, 0.15) is 11.1 Å². The summed E-state index contributed by atoms with van der Waals surface area (Å²) >= 11 is 0. The Balaban J connectivity index is 1.82. The lowest BCUT2D eigenvalue weighted by atomic mass is 10.1. The highest BCUT2D eigenvalue weighted by Gasteiger charge is 2.14. The summed E-state index contributed by atoms with van der Waals surface area (Å²) in [4.78, 5) is 6.31. The fraction of sp³-hybridized carbons (Fsp3) is 0.263. The van der Waals surface area contributed by atoms with Crippen molar-refractivity contribution in [2.45, 2.75) is 13.1 Å². The number of hydrogen-bond donors (Lipinski definition) is 1. The number of aryl methyl sites for hydroxylation is 1. The van der Waals surface area contributed by atoms with Gasteiger partial charge in [0.05, 0.1) is 12.3 Å². The van der Waals surface area contributed by atoms with E-state index < -0.39 is 0 Å². The minimum atomic E-state index is 0.137. The lowest BCUT2D eigenvalue weighted by Crippen LogP contribution is -2.26. The summed E-state index contributed by atoms with van der Waals surface area (Å²) in [6, 6.07) is 14.3. The zero-order valence-electron chi connectivity index (χ0n) is 13.8. The highest BCUT2D eigenvalue weighted by Crippen LogP contribution is 2.23. The van der Waals surface area contributed by atoms with Gasteiger partial charge in [0.2, 0.25) is 0 Å². The Morgan fingerprint density at radius 1 is 1.04 bits per heavy atom. The van der Waals surface area contributed by atoms with Gasteiger partial charge < -0.3 is 5.11 Å². The van der Waals surface area contributed by atoms with Crippen molar-refractivity contribution in [3.05, 3.63) is 72.2 Å². The molecule has 0 spiro atoms. The number of benzene rings is 1. The summed E-state index contributed by atoms with van der Waals surface area (Å²) in [7, 11) is 1.93. The first-order valence-corrected chi connectivity index (χ1v) is 8.06. The van der Waals surface area contributed by atoms with Crippen LogP contribution in [0.25, 0.3) is 11.3 Å². The van der Waals surface area contributed by atoms with Crippen LogP contribution in [0.15, 0.2) is 61.1 Å². The highest BCUT2D eigenvalue weighted by atomic mass is 16.3. The smallest absolute Gasteiger partial charge is 0.0969 e. The van der Waals surface area contributed by atoms with E-state index in [1.54, 1.807) is 12.4 Å². The van der Waals surface area contributed by atoms with Crippen molar-refractivity contribution in [1.82, 2.24) is 19.7 Å². The van der Waals surface area contributed by atoms with Crippen LogP contribution in [0, 0.1) is 0 Å². The molecule has 124 valence electrons. The summed E-state index contributed by atoms with van der Waals surface area (Å²) in [5.41, 5.74) is 4.41. The Labute approximate surface area is 142 Å². The minimum absolute atomic E-state index is 0.137. The molecule has 0 aliphatic heterocycles. The standard InChI is InChI=1S/C19H22N4O/c1-22-14-18(19(21-22)17-7-9-20-10-8-17)15-23(11-12-24)13-16-5-3-2-4-6-16/h2-10,14,24H,11-13,15H2,1H3. The van der Waals surface area contributed by atoms with Gasteiger partial charge in [-0.3, -0.25) is 14.6 Å². The van der Waals surface area contributed by atoms with Gasteiger partial charge in [0.1, 0.15) is 0 Å². The molecule has 0 saturated heterocycles. The average molecular weight is 322 g/mol. The quantitative estimate of drug-likeness (QED) is 0.726. The van der Waals surface area contributed by atoms with Crippen molar-refractivity contribution < 1.29 is 5.11 Å². The van der Waals surface area contributed by atoms with Crippen molar-refractivity contribution in [1.29, 1.82) is 0 Å². The molecule has 1 N–H and O–H groups in total. The second-order valence-corrected chi connectivity index (χ2v) is 5.83. The minimum Gasteiger partial charge on any atom is -0.395 e. The molecule has 3 aromatic rings. The second-order valence-electron chi connectivity index (χ2n) is 5.83. The first-order chi connectivity index (χ1) is 11.8. The molecule has 24 heavy (non-hydrogen) atoms. The molecule has 0 radical (unpaired) electrons. The van der Waals surface area contributed by atoms with Crippen LogP contribution in [-0.2, 0) is 20.1 Å². The fourth-order valence-electron chi connectivity index (χ4n) is 2.84. The number of nitrogens with zero attached hydrogens (tertiary/aromatic N) is 4. The van der Waals surface area contributed by atoms with Crippen LogP contribution in [0.3, 0.4) is 0 Å². The number of aliphatic hydroxyl groups excluding tert-OH is 1. The summed E-state index contributed by atoms with van der Waals surface area (Å²) < 4.78 is 1.84. The largest absolute Gasteiger partial charge is 0.395 e. The third kappa shape index (κ3) is 4.07. The molecule has 1 aromatic carbocycles. The first kappa shape index (κ1) is 16.4. The molecular formula is C19H22N4O. The normalized spacial score (nSPS) is 11.1. The van der Waals surface area contributed by atoms with Crippen LogP contribution in [-0.4, -0.2) is 37.9 Å². The van der Waals surface area contributed by atoms with E-state index in [-0.39, 0.29) is 6.61 Å². The molecular weight excluding hydrogens is 300 g/mol. The van der Waals surface area contributed by atoms with Crippen LogP contribution in [0.2, 0.25) is 0 Å². The molecule has 0 saturated carbocycles. The van der Waals surface area contributed by atoms with Crippen molar-refractivity contribution in [3.63, 3.8) is 0 Å². The predicted octanol–water partition coefficient (Wildman–Crippen LogP) is 2.48. The van der Waals surface area contributed by atoms with Crippen LogP contribution < -0.4 is 0 Å². The molecule has 3 rings (SSSR count). The van der Waals surface area contributed by atoms with Crippen LogP contribution >= 0.6 is 0 Å². The van der Waals surface area contributed by atoms with Gasteiger partial charge in [-0.15, -0.1) is 0 Å². The number of hydrogen-bond acceptors (Lipinski definition) is 4. The molecule has 2 aromatic heterocycles. The molecule has 5 heteroatoms. The Morgan fingerprint density at radius 3 is 2.50 bits per heavy atom. The Bertz CT molecular complexity index is 756. The van der Waals surface area contributed by atoms with E-state index >= 15 is 0 Å². The Morgan fingerprint density at radius 2 is 1.79 bits per heavy atom. The lowest BCUT2D eigenvalue weighted by Gasteiger charge is -2.21. The zero-order chi connectivity index (χ0) is 16.8. The van der Waals surface area contributed by atoms with Crippen molar-refractivity contribution in [2.75, 3.05) is 13.2 Å². The Kier molecular flexibility index (Phi) is 5.36. The predicted molar refractivity (Wildman–Crippen MR) is 94.1 cm³/mol. The fourth-order valence-corrected chi connectivity index (χ4v) is 2.84. The van der Waals surface area contributed by atoms with Gasteiger partial charge in [-0.05, 0) is 17.7 Å². The molecule has 0 bridgehead atoms. The van der Waals surface area contributed by atoms with E-state index in [0.717, 1.165) is 29.9 Å². The average Bonchev–Trinajstić information content (AvgIpc) is 2.97. The molecule has 0 amide bonds. The van der Waals surface area contributed by atoms with Crippen LogP contribution in [0.5, 0.6) is 0 Å². The first-order valence-electron chi connectivity index (χ1n) is 8.06. The molecule has 2 heterocycles. The van der Waals surface area contributed by atoms with E-state index in [2.05, 4.69) is 27.1 Å². The number of pyridine rings is 1. The number of aromatic nitrogens is 3. The van der Waals surface area contributed by atoms with Crippen molar-refractivity contribution in [2.24, 2.45) is 7.05 Å². The van der Waals surface area contributed by atoms with Gasteiger partial charge in [-0.25, -0.2) is 0 Å². The molecule has 0 aliphatic rings. The topological polar surface area (TPSA) is 54.2 Å². The molecule has 0 fully saturated rings. The van der Waals surface area contributed by atoms with E-state index in [9.17, 15) is 5.11 Å². The third-order valence-electron chi connectivity index (χ3n) is 3.92. The van der Waals surface area contributed by atoms with E-state index in [0.29, 0.717) is 6.54 Å².